The van der Waals surface area contributed by atoms with Gasteiger partial charge >= 0.3 is 0 Å². The van der Waals surface area contributed by atoms with Gasteiger partial charge < -0.3 is 19.7 Å². The highest BCUT2D eigenvalue weighted by Gasteiger charge is 2.36. The third kappa shape index (κ3) is 3.66. The van der Waals surface area contributed by atoms with E-state index in [1.807, 2.05) is 18.2 Å². The number of hydrogen-bond donors (Lipinski definition) is 1. The van der Waals surface area contributed by atoms with Gasteiger partial charge in [-0.15, -0.1) is 0 Å². The van der Waals surface area contributed by atoms with Crippen LogP contribution in [-0.2, 0) is 4.79 Å². The molecule has 0 bridgehead atoms. The van der Waals surface area contributed by atoms with Crippen molar-refractivity contribution in [2.75, 3.05) is 27.2 Å². The zero-order valence-electron chi connectivity index (χ0n) is 15.1. The van der Waals surface area contributed by atoms with Crippen LogP contribution in [0.3, 0.4) is 0 Å². The Balaban J connectivity index is 1.80. The quantitative estimate of drug-likeness (QED) is 0.925. The van der Waals surface area contributed by atoms with Crippen molar-refractivity contribution in [2.24, 2.45) is 5.92 Å². The molecule has 5 heteroatoms. The first kappa shape index (κ1) is 17.1. The Labute approximate surface area is 144 Å². The molecule has 1 aromatic rings. The summed E-state index contributed by atoms with van der Waals surface area (Å²) in [6.07, 6.45) is 2.80. The van der Waals surface area contributed by atoms with Crippen LogP contribution < -0.4 is 14.8 Å². The lowest BCUT2D eigenvalue weighted by Gasteiger charge is -2.39. The first-order chi connectivity index (χ1) is 11.4. The number of likely N-dealkylation sites (tertiary alicyclic amines) is 1. The number of piperidine rings is 1. The topological polar surface area (TPSA) is 50.8 Å². The number of carbonyl (C=O) groups is 1. The van der Waals surface area contributed by atoms with Crippen molar-refractivity contribution >= 4 is 5.91 Å². The van der Waals surface area contributed by atoms with Crippen LogP contribution in [0, 0.1) is 5.92 Å². The van der Waals surface area contributed by atoms with E-state index < -0.39 is 0 Å². The van der Waals surface area contributed by atoms with Crippen LogP contribution in [0.4, 0.5) is 0 Å². The summed E-state index contributed by atoms with van der Waals surface area (Å²) in [5, 5.41) is 3.27. The highest BCUT2D eigenvalue weighted by atomic mass is 16.5. The molecule has 5 nitrogen and oxygen atoms in total. The fourth-order valence-corrected chi connectivity index (χ4v) is 3.76. The minimum absolute atomic E-state index is 0.0430. The second-order valence-electron chi connectivity index (χ2n) is 7.63. The lowest BCUT2D eigenvalue weighted by molar-refractivity contribution is -0.127. The van der Waals surface area contributed by atoms with Crippen LogP contribution in [0.2, 0.25) is 0 Å². The van der Waals surface area contributed by atoms with Crippen LogP contribution >= 0.6 is 0 Å². The van der Waals surface area contributed by atoms with Gasteiger partial charge in [-0.05, 0) is 58.5 Å². The maximum Gasteiger partial charge on any atom is 0.224 e. The number of carbonyl (C=O) groups excluding carboxylic acids is 1. The number of nitrogens with one attached hydrogen (secondary N) is 1. The van der Waals surface area contributed by atoms with E-state index in [-0.39, 0.29) is 23.5 Å². The fourth-order valence-electron chi connectivity index (χ4n) is 3.76. The molecule has 2 atom stereocenters. The molecule has 2 aliphatic rings. The van der Waals surface area contributed by atoms with Crippen molar-refractivity contribution in [3.8, 4) is 11.5 Å². The molecule has 0 radical (unpaired) electrons. The number of nitrogens with zero attached hydrogens (tertiary/aromatic N) is 1. The first-order valence-electron chi connectivity index (χ1n) is 8.74. The number of hydrogen-bond acceptors (Lipinski definition) is 4. The number of rotatable bonds is 3. The van der Waals surface area contributed by atoms with E-state index >= 15 is 0 Å². The van der Waals surface area contributed by atoms with Crippen LogP contribution in [0.15, 0.2) is 18.2 Å². The Kier molecular flexibility index (Phi) is 4.72. The highest BCUT2D eigenvalue weighted by Crippen LogP contribution is 2.41. The minimum Gasteiger partial charge on any atom is -0.497 e. The molecule has 0 spiro atoms. The average molecular weight is 332 g/mol. The summed E-state index contributed by atoms with van der Waals surface area (Å²) in [7, 11) is 3.73. The molecular weight excluding hydrogens is 304 g/mol. The predicted octanol–water partition coefficient (Wildman–Crippen LogP) is 2.76. The standard InChI is InChI=1S/C19H28N2O3/c1-19(2)11-16(15-10-14(23-4)7-8-17(15)24-19)20-18(22)13-6-5-9-21(3)12-13/h7-8,10,13,16H,5-6,9,11-12H2,1-4H3,(H,20,22)/t13-,16+/m0/s1. The largest absolute Gasteiger partial charge is 0.497 e. The molecule has 1 amide bonds. The molecule has 1 fully saturated rings. The summed E-state index contributed by atoms with van der Waals surface area (Å²) in [6.45, 7) is 6.04. The van der Waals surface area contributed by atoms with Gasteiger partial charge in [-0.3, -0.25) is 4.79 Å². The molecule has 1 N–H and O–H groups in total. The van der Waals surface area contributed by atoms with E-state index in [2.05, 4.69) is 31.1 Å². The van der Waals surface area contributed by atoms with E-state index in [0.29, 0.717) is 0 Å². The van der Waals surface area contributed by atoms with Gasteiger partial charge in [0.15, 0.2) is 0 Å². The Hall–Kier alpha value is -1.75. The molecule has 1 saturated heterocycles. The lowest BCUT2D eigenvalue weighted by Crippen LogP contribution is -2.46. The molecule has 0 unspecified atom stereocenters. The van der Waals surface area contributed by atoms with Gasteiger partial charge in [-0.1, -0.05) is 0 Å². The minimum atomic E-state index is -0.303. The second kappa shape index (κ2) is 6.63. The first-order valence-corrected chi connectivity index (χ1v) is 8.74. The zero-order valence-corrected chi connectivity index (χ0v) is 15.1. The molecule has 0 aromatic heterocycles. The third-order valence-electron chi connectivity index (χ3n) is 4.99. The normalized spacial score (nSPS) is 26.2. The molecular formula is C19H28N2O3. The SMILES string of the molecule is COc1ccc2c(c1)[C@H](NC(=O)[C@H]1CCCN(C)C1)CC(C)(C)O2. The fraction of sp³-hybridized carbons (Fsp3) is 0.632. The van der Waals surface area contributed by atoms with E-state index in [0.717, 1.165) is 49.4 Å². The summed E-state index contributed by atoms with van der Waals surface area (Å²) in [6, 6.07) is 5.76. The Bertz CT molecular complexity index is 615. The number of benzene rings is 1. The van der Waals surface area contributed by atoms with E-state index in [1.165, 1.54) is 0 Å². The zero-order chi connectivity index (χ0) is 17.3. The van der Waals surface area contributed by atoms with Gasteiger partial charge in [-0.2, -0.15) is 0 Å². The monoisotopic (exact) mass is 332 g/mol. The van der Waals surface area contributed by atoms with Crippen LogP contribution in [0.1, 0.15) is 44.7 Å². The van der Waals surface area contributed by atoms with Gasteiger partial charge in [0, 0.05) is 18.5 Å². The van der Waals surface area contributed by atoms with Crippen LogP contribution in [0.25, 0.3) is 0 Å². The van der Waals surface area contributed by atoms with Crippen molar-refractivity contribution in [2.45, 2.75) is 44.8 Å². The Morgan fingerprint density at radius 1 is 1.42 bits per heavy atom. The highest BCUT2D eigenvalue weighted by molar-refractivity contribution is 5.79. The maximum absolute atomic E-state index is 12.8. The number of methoxy groups -OCH3 is 1. The van der Waals surface area contributed by atoms with Gasteiger partial charge in [0.05, 0.1) is 19.1 Å². The number of amides is 1. The van der Waals surface area contributed by atoms with Gasteiger partial charge in [0.1, 0.15) is 17.1 Å². The predicted molar refractivity (Wildman–Crippen MR) is 93.4 cm³/mol. The second-order valence-corrected chi connectivity index (χ2v) is 7.63. The molecule has 24 heavy (non-hydrogen) atoms. The summed E-state index contributed by atoms with van der Waals surface area (Å²) >= 11 is 0. The molecule has 1 aromatic carbocycles. The van der Waals surface area contributed by atoms with Gasteiger partial charge in [-0.25, -0.2) is 0 Å². The van der Waals surface area contributed by atoms with Crippen molar-refractivity contribution in [1.82, 2.24) is 10.2 Å². The smallest absolute Gasteiger partial charge is 0.224 e. The Morgan fingerprint density at radius 2 is 2.21 bits per heavy atom. The molecule has 132 valence electrons. The van der Waals surface area contributed by atoms with E-state index in [1.54, 1.807) is 7.11 Å². The summed E-state index contributed by atoms with van der Waals surface area (Å²) in [5.74, 6) is 1.84. The van der Waals surface area contributed by atoms with Crippen molar-refractivity contribution in [3.63, 3.8) is 0 Å². The Morgan fingerprint density at radius 3 is 2.92 bits per heavy atom. The van der Waals surface area contributed by atoms with Crippen molar-refractivity contribution < 1.29 is 14.3 Å². The number of ether oxygens (including phenoxy) is 2. The molecule has 3 rings (SSSR count). The molecule has 2 aliphatic heterocycles. The summed E-state index contributed by atoms with van der Waals surface area (Å²) in [5.41, 5.74) is 0.703. The molecule has 0 aliphatic carbocycles. The lowest BCUT2D eigenvalue weighted by atomic mass is 9.88. The third-order valence-corrected chi connectivity index (χ3v) is 4.99. The van der Waals surface area contributed by atoms with Crippen molar-refractivity contribution in [3.05, 3.63) is 23.8 Å². The van der Waals surface area contributed by atoms with E-state index in [4.69, 9.17) is 9.47 Å². The van der Waals surface area contributed by atoms with Crippen LogP contribution in [-0.4, -0.2) is 43.7 Å². The van der Waals surface area contributed by atoms with Crippen LogP contribution in [0.5, 0.6) is 11.5 Å². The van der Waals surface area contributed by atoms with Gasteiger partial charge in [0.2, 0.25) is 5.91 Å². The van der Waals surface area contributed by atoms with E-state index in [9.17, 15) is 4.79 Å². The van der Waals surface area contributed by atoms with Crippen molar-refractivity contribution in [1.29, 1.82) is 0 Å². The maximum atomic E-state index is 12.8. The molecule has 2 heterocycles. The molecule has 0 saturated carbocycles. The number of fused-ring (bicyclic) bond motifs is 1. The average Bonchev–Trinajstić information content (AvgIpc) is 2.53. The summed E-state index contributed by atoms with van der Waals surface area (Å²) < 4.78 is 11.4. The van der Waals surface area contributed by atoms with Gasteiger partial charge in [0.25, 0.3) is 0 Å². The summed E-state index contributed by atoms with van der Waals surface area (Å²) in [4.78, 5) is 15.0.